The Balaban J connectivity index is 2.11. The van der Waals surface area contributed by atoms with E-state index in [0.717, 1.165) is 43.3 Å². The summed E-state index contributed by atoms with van der Waals surface area (Å²) in [5, 5.41) is 8.84. The fourth-order valence-corrected chi connectivity index (χ4v) is 2.06. The van der Waals surface area contributed by atoms with Gasteiger partial charge in [0.2, 0.25) is 5.95 Å². The van der Waals surface area contributed by atoms with Gasteiger partial charge >= 0.3 is 0 Å². The van der Waals surface area contributed by atoms with Crippen LogP contribution >= 0.6 is 0 Å². The lowest BCUT2D eigenvalue weighted by atomic mass is 9.99. The molecule has 0 atom stereocenters. The minimum atomic E-state index is 0.210. The molecule has 0 aliphatic carbocycles. The maximum Gasteiger partial charge on any atom is 0.225 e. The van der Waals surface area contributed by atoms with Gasteiger partial charge in [-0.25, -0.2) is 9.97 Å². The number of piperidine rings is 1. The van der Waals surface area contributed by atoms with Crippen LogP contribution in [0.3, 0.4) is 0 Å². The zero-order valence-electron chi connectivity index (χ0n) is 9.77. The van der Waals surface area contributed by atoms with Crippen LogP contribution in [-0.4, -0.2) is 23.1 Å². The Hall–Kier alpha value is -1.63. The van der Waals surface area contributed by atoms with Gasteiger partial charge in [-0.15, -0.1) is 0 Å². The van der Waals surface area contributed by atoms with E-state index in [9.17, 15) is 0 Å². The van der Waals surface area contributed by atoms with Gasteiger partial charge in [0, 0.05) is 30.4 Å². The first-order valence-corrected chi connectivity index (χ1v) is 5.66. The van der Waals surface area contributed by atoms with Gasteiger partial charge < -0.3 is 4.90 Å². The molecule has 0 unspecified atom stereocenters. The SMILES string of the molecule is Cc1cc(C)nc(N2CCC(C#N)CC2)n1. The smallest absolute Gasteiger partial charge is 0.225 e. The molecule has 1 aliphatic rings. The van der Waals surface area contributed by atoms with Crippen molar-refractivity contribution < 1.29 is 0 Å². The van der Waals surface area contributed by atoms with Crippen molar-refractivity contribution in [1.29, 1.82) is 5.26 Å². The molecule has 0 spiro atoms. The highest BCUT2D eigenvalue weighted by Crippen LogP contribution is 2.20. The highest BCUT2D eigenvalue weighted by atomic mass is 15.3. The lowest BCUT2D eigenvalue weighted by Gasteiger charge is -2.29. The summed E-state index contributed by atoms with van der Waals surface area (Å²) >= 11 is 0. The maximum atomic E-state index is 8.84. The molecule has 84 valence electrons. The van der Waals surface area contributed by atoms with E-state index in [0.29, 0.717) is 0 Å². The molecule has 1 aromatic rings. The van der Waals surface area contributed by atoms with E-state index in [2.05, 4.69) is 20.9 Å². The van der Waals surface area contributed by atoms with Gasteiger partial charge in [0.15, 0.2) is 0 Å². The van der Waals surface area contributed by atoms with Crippen molar-refractivity contribution in [2.75, 3.05) is 18.0 Å². The number of rotatable bonds is 1. The zero-order chi connectivity index (χ0) is 11.5. The van der Waals surface area contributed by atoms with Gasteiger partial charge in [-0.05, 0) is 32.8 Å². The Morgan fingerprint density at radius 3 is 2.31 bits per heavy atom. The number of aryl methyl sites for hydroxylation is 2. The normalized spacial score (nSPS) is 17.2. The fraction of sp³-hybridized carbons (Fsp3) is 0.583. The van der Waals surface area contributed by atoms with Crippen molar-refractivity contribution in [2.24, 2.45) is 5.92 Å². The first-order valence-electron chi connectivity index (χ1n) is 5.66. The molecule has 0 bridgehead atoms. The summed E-state index contributed by atoms with van der Waals surface area (Å²) in [6.45, 7) is 5.75. The summed E-state index contributed by atoms with van der Waals surface area (Å²) in [5.41, 5.74) is 2.01. The minimum Gasteiger partial charge on any atom is -0.341 e. The van der Waals surface area contributed by atoms with Crippen molar-refractivity contribution in [3.05, 3.63) is 17.5 Å². The van der Waals surface area contributed by atoms with Gasteiger partial charge in [0.25, 0.3) is 0 Å². The van der Waals surface area contributed by atoms with Gasteiger partial charge in [-0.1, -0.05) is 0 Å². The predicted molar refractivity (Wildman–Crippen MR) is 62.1 cm³/mol. The van der Waals surface area contributed by atoms with Crippen LogP contribution in [0.1, 0.15) is 24.2 Å². The molecular formula is C12H16N4. The van der Waals surface area contributed by atoms with E-state index >= 15 is 0 Å². The average Bonchev–Trinajstić information content (AvgIpc) is 2.28. The molecule has 0 aromatic carbocycles. The van der Waals surface area contributed by atoms with Crippen LogP contribution in [0.25, 0.3) is 0 Å². The summed E-state index contributed by atoms with van der Waals surface area (Å²) < 4.78 is 0. The Bertz CT molecular complexity index is 393. The van der Waals surface area contributed by atoms with Gasteiger partial charge in [0.05, 0.1) is 6.07 Å². The number of anilines is 1. The molecule has 0 saturated carbocycles. The second-order valence-electron chi connectivity index (χ2n) is 4.34. The van der Waals surface area contributed by atoms with Crippen molar-refractivity contribution in [3.63, 3.8) is 0 Å². The summed E-state index contributed by atoms with van der Waals surface area (Å²) in [6.07, 6.45) is 1.85. The largest absolute Gasteiger partial charge is 0.341 e. The molecule has 4 nitrogen and oxygen atoms in total. The highest BCUT2D eigenvalue weighted by Gasteiger charge is 2.20. The molecule has 0 amide bonds. The molecule has 2 heterocycles. The van der Waals surface area contributed by atoms with Crippen LogP contribution in [0.4, 0.5) is 5.95 Å². The van der Waals surface area contributed by atoms with Gasteiger partial charge in [0.1, 0.15) is 0 Å². The molecule has 2 rings (SSSR count). The van der Waals surface area contributed by atoms with E-state index in [1.165, 1.54) is 0 Å². The number of aromatic nitrogens is 2. The second-order valence-corrected chi connectivity index (χ2v) is 4.34. The Morgan fingerprint density at radius 2 is 1.81 bits per heavy atom. The minimum absolute atomic E-state index is 0.210. The van der Waals surface area contributed by atoms with Crippen LogP contribution in [0, 0.1) is 31.1 Å². The lowest BCUT2D eigenvalue weighted by molar-refractivity contribution is 0.481. The van der Waals surface area contributed by atoms with Crippen LogP contribution in [0.2, 0.25) is 0 Å². The topological polar surface area (TPSA) is 52.8 Å². The van der Waals surface area contributed by atoms with Crippen molar-refractivity contribution in [2.45, 2.75) is 26.7 Å². The van der Waals surface area contributed by atoms with Crippen LogP contribution < -0.4 is 4.90 Å². The number of hydrogen-bond donors (Lipinski definition) is 0. The van der Waals surface area contributed by atoms with E-state index in [1.54, 1.807) is 0 Å². The quantitative estimate of drug-likeness (QED) is 0.718. The average molecular weight is 216 g/mol. The standard InChI is InChI=1S/C12H16N4/c1-9-7-10(2)15-12(14-9)16-5-3-11(8-13)4-6-16/h7,11H,3-6H2,1-2H3. The summed E-state index contributed by atoms with van der Waals surface area (Å²) in [5.74, 6) is 1.02. The molecule has 1 fully saturated rings. The van der Waals surface area contributed by atoms with Gasteiger partial charge in [-0.3, -0.25) is 0 Å². The highest BCUT2D eigenvalue weighted by molar-refractivity contribution is 5.32. The monoisotopic (exact) mass is 216 g/mol. The van der Waals surface area contributed by atoms with Gasteiger partial charge in [-0.2, -0.15) is 5.26 Å². The molecule has 1 saturated heterocycles. The number of nitrogens with zero attached hydrogens (tertiary/aromatic N) is 4. The Morgan fingerprint density at radius 1 is 1.25 bits per heavy atom. The molecule has 16 heavy (non-hydrogen) atoms. The summed E-state index contributed by atoms with van der Waals surface area (Å²) in [7, 11) is 0. The second kappa shape index (κ2) is 4.48. The third-order valence-corrected chi connectivity index (χ3v) is 2.93. The fourth-order valence-electron chi connectivity index (χ4n) is 2.06. The molecular weight excluding hydrogens is 200 g/mol. The first kappa shape index (κ1) is 10.9. The van der Waals surface area contributed by atoms with Crippen LogP contribution in [-0.2, 0) is 0 Å². The van der Waals surface area contributed by atoms with Crippen LogP contribution in [0.15, 0.2) is 6.07 Å². The van der Waals surface area contributed by atoms with Crippen molar-refractivity contribution in [3.8, 4) is 6.07 Å². The first-order chi connectivity index (χ1) is 7.69. The Kier molecular flexibility index (Phi) is 3.04. The van der Waals surface area contributed by atoms with Crippen molar-refractivity contribution in [1.82, 2.24) is 9.97 Å². The molecule has 1 aliphatic heterocycles. The maximum absolute atomic E-state index is 8.84. The molecule has 0 radical (unpaired) electrons. The number of hydrogen-bond acceptors (Lipinski definition) is 4. The van der Waals surface area contributed by atoms with E-state index in [1.807, 2.05) is 19.9 Å². The number of nitriles is 1. The van der Waals surface area contributed by atoms with E-state index in [4.69, 9.17) is 5.26 Å². The predicted octanol–water partition coefficient (Wildman–Crippen LogP) is 1.83. The lowest BCUT2D eigenvalue weighted by Crippen LogP contribution is -2.34. The van der Waals surface area contributed by atoms with Crippen molar-refractivity contribution >= 4 is 5.95 Å². The molecule has 4 heteroatoms. The third kappa shape index (κ3) is 2.30. The molecule has 0 N–H and O–H groups in total. The third-order valence-electron chi connectivity index (χ3n) is 2.93. The molecule has 1 aromatic heterocycles. The van der Waals surface area contributed by atoms with E-state index in [-0.39, 0.29) is 5.92 Å². The summed E-state index contributed by atoms with van der Waals surface area (Å²) in [6, 6.07) is 4.31. The Labute approximate surface area is 95.9 Å². The zero-order valence-corrected chi connectivity index (χ0v) is 9.77. The van der Waals surface area contributed by atoms with Crippen LogP contribution in [0.5, 0.6) is 0 Å². The summed E-state index contributed by atoms with van der Waals surface area (Å²) in [4.78, 5) is 11.1. The van der Waals surface area contributed by atoms with E-state index < -0.39 is 0 Å².